The van der Waals surface area contributed by atoms with E-state index in [9.17, 15) is 4.79 Å². The summed E-state index contributed by atoms with van der Waals surface area (Å²) in [7, 11) is 0. The van der Waals surface area contributed by atoms with E-state index < -0.39 is 0 Å². The lowest BCUT2D eigenvalue weighted by atomic mass is 9.78. The average molecular weight is 260 g/mol. The van der Waals surface area contributed by atoms with Crippen LogP contribution in [0.3, 0.4) is 0 Å². The average Bonchev–Trinajstić information content (AvgIpc) is 2.83. The van der Waals surface area contributed by atoms with Crippen molar-refractivity contribution < 1.29 is 14.3 Å². The van der Waals surface area contributed by atoms with Crippen molar-refractivity contribution in [1.29, 1.82) is 0 Å². The van der Waals surface area contributed by atoms with Gasteiger partial charge in [0, 0.05) is 25.0 Å². The molecule has 1 aromatic rings. The Morgan fingerprint density at radius 2 is 2.26 bits per heavy atom. The number of benzene rings is 1. The Labute approximate surface area is 113 Å². The Morgan fingerprint density at radius 1 is 1.42 bits per heavy atom. The number of ether oxygens (including phenoxy) is 2. The van der Waals surface area contributed by atoms with Gasteiger partial charge in [-0.15, -0.1) is 0 Å². The van der Waals surface area contributed by atoms with Crippen LogP contribution in [0.25, 0.3) is 0 Å². The molecule has 0 N–H and O–H groups in total. The summed E-state index contributed by atoms with van der Waals surface area (Å²) in [4.78, 5) is 12.2. The van der Waals surface area contributed by atoms with E-state index in [-0.39, 0.29) is 5.78 Å². The van der Waals surface area contributed by atoms with Gasteiger partial charge >= 0.3 is 0 Å². The van der Waals surface area contributed by atoms with Crippen molar-refractivity contribution in [2.75, 3.05) is 13.2 Å². The molecule has 1 fully saturated rings. The summed E-state index contributed by atoms with van der Waals surface area (Å²) in [6.07, 6.45) is 4.03. The monoisotopic (exact) mass is 260 g/mol. The van der Waals surface area contributed by atoms with Crippen LogP contribution in [-0.4, -0.2) is 25.1 Å². The summed E-state index contributed by atoms with van der Waals surface area (Å²) in [5.41, 5.74) is 2.01. The predicted molar refractivity (Wildman–Crippen MR) is 72.7 cm³/mol. The van der Waals surface area contributed by atoms with E-state index in [1.54, 1.807) is 0 Å². The van der Waals surface area contributed by atoms with Crippen molar-refractivity contribution >= 4 is 5.78 Å². The minimum atomic E-state index is 0.259. The number of hydrogen-bond acceptors (Lipinski definition) is 3. The Morgan fingerprint density at radius 3 is 3.05 bits per heavy atom. The summed E-state index contributed by atoms with van der Waals surface area (Å²) in [5.74, 6) is 1.71. The molecule has 0 spiro atoms. The third-order valence-electron chi connectivity index (χ3n) is 4.08. The van der Waals surface area contributed by atoms with Gasteiger partial charge in [0.15, 0.2) is 5.78 Å². The molecule has 1 aliphatic carbocycles. The van der Waals surface area contributed by atoms with Crippen molar-refractivity contribution in [1.82, 2.24) is 0 Å². The lowest BCUT2D eigenvalue weighted by Gasteiger charge is -2.34. The van der Waals surface area contributed by atoms with Crippen molar-refractivity contribution in [2.45, 2.75) is 38.7 Å². The second-order valence-corrected chi connectivity index (χ2v) is 5.46. The first-order valence-corrected chi connectivity index (χ1v) is 7.16. The molecule has 3 rings (SSSR count). The Kier molecular flexibility index (Phi) is 3.56. The molecule has 3 heteroatoms. The first-order valence-electron chi connectivity index (χ1n) is 7.16. The van der Waals surface area contributed by atoms with Gasteiger partial charge in [-0.1, -0.05) is 0 Å². The summed E-state index contributed by atoms with van der Waals surface area (Å²) in [5, 5.41) is 0. The van der Waals surface area contributed by atoms with Crippen LogP contribution in [0.15, 0.2) is 18.2 Å². The van der Waals surface area contributed by atoms with Crippen molar-refractivity contribution in [2.24, 2.45) is 5.92 Å². The minimum Gasteiger partial charge on any atom is -0.493 e. The number of fused-ring (bicyclic) bond motifs is 1. The Hall–Kier alpha value is -1.35. The molecule has 0 radical (unpaired) electrons. The second kappa shape index (κ2) is 5.33. The Bertz CT molecular complexity index is 475. The maximum atomic E-state index is 12.2. The molecule has 0 unspecified atom stereocenters. The lowest BCUT2D eigenvalue weighted by Crippen LogP contribution is -2.32. The molecule has 1 heterocycles. The number of carbonyl (C=O) groups is 1. The van der Waals surface area contributed by atoms with Crippen LogP contribution in [-0.2, 0) is 11.2 Å². The lowest BCUT2D eigenvalue weighted by molar-refractivity contribution is -0.0246. The molecule has 3 nitrogen and oxygen atoms in total. The van der Waals surface area contributed by atoms with E-state index in [4.69, 9.17) is 9.47 Å². The smallest absolute Gasteiger partial charge is 0.163 e. The zero-order chi connectivity index (χ0) is 13.2. The fourth-order valence-corrected chi connectivity index (χ4v) is 2.95. The predicted octanol–water partition coefficient (Wildman–Crippen LogP) is 3.01. The first kappa shape index (κ1) is 12.7. The molecule has 1 saturated carbocycles. The van der Waals surface area contributed by atoms with Crippen LogP contribution in [0.2, 0.25) is 0 Å². The fraction of sp³-hybridized carbons (Fsp3) is 0.562. The third-order valence-corrected chi connectivity index (χ3v) is 4.08. The van der Waals surface area contributed by atoms with Crippen LogP contribution >= 0.6 is 0 Å². The maximum Gasteiger partial charge on any atom is 0.163 e. The van der Waals surface area contributed by atoms with E-state index in [1.807, 2.05) is 25.1 Å². The molecule has 0 atom stereocenters. The van der Waals surface area contributed by atoms with E-state index >= 15 is 0 Å². The number of carbonyl (C=O) groups excluding carboxylic acids is 1. The van der Waals surface area contributed by atoms with E-state index in [0.29, 0.717) is 18.4 Å². The molecule has 0 aromatic heterocycles. The zero-order valence-corrected chi connectivity index (χ0v) is 11.4. The highest BCUT2D eigenvalue weighted by molar-refractivity contribution is 5.96. The van der Waals surface area contributed by atoms with Gasteiger partial charge < -0.3 is 9.47 Å². The van der Waals surface area contributed by atoms with E-state index in [2.05, 4.69) is 0 Å². The topological polar surface area (TPSA) is 35.5 Å². The highest BCUT2D eigenvalue weighted by Gasteiger charge is 2.31. The molecular weight excluding hydrogens is 240 g/mol. The molecule has 102 valence electrons. The third kappa shape index (κ3) is 2.66. The minimum absolute atomic E-state index is 0.259. The fourth-order valence-electron chi connectivity index (χ4n) is 2.95. The molecule has 0 amide bonds. The molecule has 19 heavy (non-hydrogen) atoms. The molecular formula is C16H20O3. The zero-order valence-electron chi connectivity index (χ0n) is 11.4. The summed E-state index contributed by atoms with van der Waals surface area (Å²) in [6, 6.07) is 5.83. The van der Waals surface area contributed by atoms with Crippen LogP contribution in [0.5, 0.6) is 5.75 Å². The summed E-state index contributed by atoms with van der Waals surface area (Å²) < 4.78 is 11.0. The van der Waals surface area contributed by atoms with Crippen molar-refractivity contribution in [3.8, 4) is 5.75 Å². The summed E-state index contributed by atoms with van der Waals surface area (Å²) in [6.45, 7) is 3.53. The van der Waals surface area contributed by atoms with Gasteiger partial charge in [0.05, 0.1) is 12.7 Å². The standard InChI is InChI=1S/C16H20O3/c1-2-18-14-7-11(8-14)9-15(17)12-3-4-16-13(10-12)5-6-19-16/h3-4,10-11,14H,2,5-9H2,1H3. The van der Waals surface area contributed by atoms with Crippen LogP contribution < -0.4 is 4.74 Å². The van der Waals surface area contributed by atoms with Crippen LogP contribution in [0.4, 0.5) is 0 Å². The maximum absolute atomic E-state index is 12.2. The normalized spacial score (nSPS) is 24.5. The van der Waals surface area contributed by atoms with Gasteiger partial charge in [-0.3, -0.25) is 4.79 Å². The Balaban J connectivity index is 1.56. The summed E-state index contributed by atoms with van der Waals surface area (Å²) >= 11 is 0. The van der Waals surface area contributed by atoms with Gasteiger partial charge in [0.1, 0.15) is 5.75 Å². The van der Waals surface area contributed by atoms with Crippen LogP contribution in [0.1, 0.15) is 42.1 Å². The highest BCUT2D eigenvalue weighted by Crippen LogP contribution is 2.34. The highest BCUT2D eigenvalue weighted by atomic mass is 16.5. The van der Waals surface area contributed by atoms with Crippen LogP contribution in [0, 0.1) is 5.92 Å². The first-order chi connectivity index (χ1) is 9.26. The van der Waals surface area contributed by atoms with Gasteiger partial charge in [0.25, 0.3) is 0 Å². The molecule has 0 saturated heterocycles. The van der Waals surface area contributed by atoms with Gasteiger partial charge in [-0.05, 0) is 49.4 Å². The molecule has 0 bridgehead atoms. The van der Waals surface area contributed by atoms with E-state index in [1.165, 1.54) is 5.56 Å². The number of hydrogen-bond donors (Lipinski definition) is 0. The van der Waals surface area contributed by atoms with Gasteiger partial charge in [0.2, 0.25) is 0 Å². The SMILES string of the molecule is CCOC1CC(CC(=O)c2ccc3c(c2)CCO3)C1. The second-order valence-electron chi connectivity index (χ2n) is 5.46. The van der Waals surface area contributed by atoms with Gasteiger partial charge in [-0.2, -0.15) is 0 Å². The van der Waals surface area contributed by atoms with Gasteiger partial charge in [-0.25, -0.2) is 0 Å². The van der Waals surface area contributed by atoms with E-state index in [0.717, 1.165) is 43.8 Å². The molecule has 1 aliphatic heterocycles. The number of Topliss-reactive ketones (excluding diaryl/α,β-unsaturated/α-hetero) is 1. The number of rotatable bonds is 5. The largest absolute Gasteiger partial charge is 0.493 e. The molecule has 2 aliphatic rings. The van der Waals surface area contributed by atoms with Crippen molar-refractivity contribution in [3.63, 3.8) is 0 Å². The quantitative estimate of drug-likeness (QED) is 0.763. The van der Waals surface area contributed by atoms with Crippen molar-refractivity contribution in [3.05, 3.63) is 29.3 Å². The molecule has 1 aromatic carbocycles. The number of ketones is 1.